The van der Waals surface area contributed by atoms with Crippen LogP contribution in [-0.2, 0) is 0 Å². The number of nitrogens with one attached hydrogen (secondary N) is 1. The second kappa shape index (κ2) is 6.19. The summed E-state index contributed by atoms with van der Waals surface area (Å²) in [6, 6.07) is 0. The molecular formula is C15H30N2. The number of rotatable bonds is 4. The topological polar surface area (TPSA) is 15.3 Å². The lowest BCUT2D eigenvalue weighted by atomic mass is 9.63. The van der Waals surface area contributed by atoms with Gasteiger partial charge in [0.1, 0.15) is 0 Å². The minimum absolute atomic E-state index is 0.700. The van der Waals surface area contributed by atoms with Gasteiger partial charge >= 0.3 is 0 Å². The van der Waals surface area contributed by atoms with Gasteiger partial charge in [-0.05, 0) is 76.2 Å². The first-order valence-corrected chi connectivity index (χ1v) is 7.74. The molecule has 2 aliphatic rings. The van der Waals surface area contributed by atoms with Crippen molar-refractivity contribution in [1.82, 2.24) is 10.2 Å². The van der Waals surface area contributed by atoms with Crippen molar-refractivity contribution in [3.63, 3.8) is 0 Å². The molecule has 1 unspecified atom stereocenters. The molecule has 0 amide bonds. The lowest BCUT2D eigenvalue weighted by Crippen LogP contribution is -2.51. The molecule has 0 bridgehead atoms. The molecule has 0 aromatic rings. The fourth-order valence-corrected chi connectivity index (χ4v) is 3.99. The van der Waals surface area contributed by atoms with Gasteiger partial charge in [0.2, 0.25) is 0 Å². The zero-order chi connectivity index (χ0) is 12.1. The first-order chi connectivity index (χ1) is 8.30. The van der Waals surface area contributed by atoms with E-state index in [1.165, 1.54) is 71.2 Å². The van der Waals surface area contributed by atoms with Crippen LogP contribution in [0.5, 0.6) is 0 Å². The maximum absolute atomic E-state index is 3.61. The third kappa shape index (κ3) is 3.03. The van der Waals surface area contributed by atoms with Gasteiger partial charge in [0.25, 0.3) is 0 Å². The predicted octanol–water partition coefficient (Wildman–Crippen LogP) is 2.89. The molecule has 2 heterocycles. The molecule has 0 aliphatic carbocycles. The van der Waals surface area contributed by atoms with Crippen LogP contribution >= 0.6 is 0 Å². The Morgan fingerprint density at radius 1 is 1.12 bits per heavy atom. The zero-order valence-electron chi connectivity index (χ0n) is 11.8. The van der Waals surface area contributed by atoms with E-state index < -0.39 is 0 Å². The first-order valence-electron chi connectivity index (χ1n) is 7.74. The summed E-state index contributed by atoms with van der Waals surface area (Å²) in [5.74, 6) is 0.949. The predicted molar refractivity (Wildman–Crippen MR) is 74.3 cm³/mol. The lowest BCUT2D eigenvalue weighted by molar-refractivity contribution is 0.0181. The molecule has 0 aromatic heterocycles. The summed E-state index contributed by atoms with van der Waals surface area (Å²) in [6.07, 6.45) is 8.44. The molecule has 1 N–H and O–H groups in total. The Balaban J connectivity index is 1.93. The van der Waals surface area contributed by atoms with Gasteiger partial charge in [-0.2, -0.15) is 0 Å². The van der Waals surface area contributed by atoms with Gasteiger partial charge in [-0.25, -0.2) is 0 Å². The van der Waals surface area contributed by atoms with Crippen LogP contribution in [-0.4, -0.2) is 37.6 Å². The summed E-state index contributed by atoms with van der Waals surface area (Å²) in [7, 11) is 0. The average molecular weight is 238 g/mol. The molecule has 2 fully saturated rings. The molecule has 2 aliphatic heterocycles. The Morgan fingerprint density at radius 3 is 2.53 bits per heavy atom. The largest absolute Gasteiger partial charge is 0.316 e. The maximum atomic E-state index is 3.61. The van der Waals surface area contributed by atoms with Crippen LogP contribution < -0.4 is 5.32 Å². The molecule has 100 valence electrons. The fraction of sp³-hybridized carbons (Fsp3) is 1.00. The third-order valence-corrected chi connectivity index (χ3v) is 5.09. The first kappa shape index (κ1) is 13.4. The number of nitrogens with zero attached hydrogens (tertiary/aromatic N) is 1. The van der Waals surface area contributed by atoms with E-state index in [-0.39, 0.29) is 0 Å². The molecule has 0 saturated carbocycles. The minimum atomic E-state index is 0.700. The highest BCUT2D eigenvalue weighted by Gasteiger charge is 2.41. The number of hydrogen-bond donors (Lipinski definition) is 1. The van der Waals surface area contributed by atoms with Crippen molar-refractivity contribution in [2.24, 2.45) is 11.3 Å². The molecule has 2 rings (SSSR count). The highest BCUT2D eigenvalue weighted by molar-refractivity contribution is 4.95. The van der Waals surface area contributed by atoms with E-state index in [2.05, 4.69) is 24.1 Å². The van der Waals surface area contributed by atoms with Gasteiger partial charge in [0, 0.05) is 0 Å². The van der Waals surface area contributed by atoms with Crippen molar-refractivity contribution < 1.29 is 0 Å². The van der Waals surface area contributed by atoms with Crippen molar-refractivity contribution in [1.29, 1.82) is 0 Å². The van der Waals surface area contributed by atoms with Crippen molar-refractivity contribution in [3.8, 4) is 0 Å². The molecule has 2 heteroatoms. The van der Waals surface area contributed by atoms with E-state index >= 15 is 0 Å². The molecule has 0 radical (unpaired) electrons. The molecule has 1 spiro atoms. The summed E-state index contributed by atoms with van der Waals surface area (Å²) < 4.78 is 0. The summed E-state index contributed by atoms with van der Waals surface area (Å²) in [6.45, 7) is 11.2. The summed E-state index contributed by atoms with van der Waals surface area (Å²) in [4.78, 5) is 2.68. The van der Waals surface area contributed by atoms with Crippen LogP contribution in [0.15, 0.2) is 0 Å². The van der Waals surface area contributed by atoms with Crippen molar-refractivity contribution in [2.75, 3.05) is 32.7 Å². The summed E-state index contributed by atoms with van der Waals surface area (Å²) in [5, 5.41) is 3.61. The van der Waals surface area contributed by atoms with Gasteiger partial charge in [-0.15, -0.1) is 0 Å². The Labute approximate surface area is 107 Å². The van der Waals surface area contributed by atoms with Gasteiger partial charge in [-0.1, -0.05) is 20.3 Å². The number of likely N-dealkylation sites (tertiary alicyclic amines) is 1. The second-order valence-corrected chi connectivity index (χ2v) is 6.14. The van der Waals surface area contributed by atoms with Gasteiger partial charge in [-0.3, -0.25) is 0 Å². The van der Waals surface area contributed by atoms with E-state index in [1.54, 1.807) is 0 Å². The van der Waals surface area contributed by atoms with Crippen molar-refractivity contribution >= 4 is 0 Å². The van der Waals surface area contributed by atoms with E-state index in [0.29, 0.717) is 5.41 Å². The second-order valence-electron chi connectivity index (χ2n) is 6.14. The zero-order valence-corrected chi connectivity index (χ0v) is 11.8. The monoisotopic (exact) mass is 238 g/mol. The molecular weight excluding hydrogens is 208 g/mol. The highest BCUT2D eigenvalue weighted by Crippen LogP contribution is 2.45. The molecule has 17 heavy (non-hydrogen) atoms. The summed E-state index contributed by atoms with van der Waals surface area (Å²) in [5.41, 5.74) is 0.700. The van der Waals surface area contributed by atoms with Crippen LogP contribution in [0.2, 0.25) is 0 Å². The van der Waals surface area contributed by atoms with Gasteiger partial charge in [0.05, 0.1) is 0 Å². The van der Waals surface area contributed by atoms with Crippen molar-refractivity contribution in [3.05, 3.63) is 0 Å². The Kier molecular flexibility index (Phi) is 4.87. The number of hydrogen-bond acceptors (Lipinski definition) is 2. The maximum Gasteiger partial charge on any atom is -0.00133 e. The molecule has 2 nitrogen and oxygen atoms in total. The summed E-state index contributed by atoms with van der Waals surface area (Å²) >= 11 is 0. The smallest absolute Gasteiger partial charge is 0.00133 e. The van der Waals surface area contributed by atoms with E-state index in [0.717, 1.165) is 5.92 Å². The Hall–Kier alpha value is -0.0800. The SMILES string of the molecule is CCCC1CNCCC12CCN(CCC)CC2. The Morgan fingerprint density at radius 2 is 1.88 bits per heavy atom. The quantitative estimate of drug-likeness (QED) is 0.810. The molecule has 1 atom stereocenters. The minimum Gasteiger partial charge on any atom is -0.316 e. The normalized spacial score (nSPS) is 29.6. The molecule has 2 saturated heterocycles. The van der Waals surface area contributed by atoms with E-state index in [1.807, 2.05) is 0 Å². The standard InChI is InChI=1S/C15H30N2/c1-3-5-14-13-16-9-6-15(14)7-11-17(10-4-2)12-8-15/h14,16H,3-13H2,1-2H3. The van der Waals surface area contributed by atoms with Gasteiger partial charge in [0.15, 0.2) is 0 Å². The third-order valence-electron chi connectivity index (χ3n) is 5.09. The van der Waals surface area contributed by atoms with Crippen molar-refractivity contribution in [2.45, 2.75) is 52.4 Å². The molecule has 0 aromatic carbocycles. The average Bonchev–Trinajstić information content (AvgIpc) is 2.36. The fourth-order valence-electron chi connectivity index (χ4n) is 3.99. The highest BCUT2D eigenvalue weighted by atomic mass is 15.1. The van der Waals surface area contributed by atoms with Crippen LogP contribution in [0.3, 0.4) is 0 Å². The Bertz CT molecular complexity index is 217. The van der Waals surface area contributed by atoms with Crippen LogP contribution in [0.1, 0.15) is 52.4 Å². The number of piperidine rings is 2. The van der Waals surface area contributed by atoms with Gasteiger partial charge < -0.3 is 10.2 Å². The lowest BCUT2D eigenvalue weighted by Gasteiger charge is -2.49. The van der Waals surface area contributed by atoms with E-state index in [4.69, 9.17) is 0 Å². The van der Waals surface area contributed by atoms with E-state index in [9.17, 15) is 0 Å². The van der Waals surface area contributed by atoms with Crippen LogP contribution in [0.25, 0.3) is 0 Å². The van der Waals surface area contributed by atoms with Crippen LogP contribution in [0, 0.1) is 11.3 Å². The van der Waals surface area contributed by atoms with Crippen LogP contribution in [0.4, 0.5) is 0 Å².